The fraction of sp³-hybridized carbons (Fsp3) is 0.316. The second-order valence-corrected chi connectivity index (χ2v) is 10.8. The van der Waals surface area contributed by atoms with Crippen molar-refractivity contribution in [2.45, 2.75) is 36.4 Å². The molecule has 1 unspecified atom stereocenters. The predicted octanol–water partition coefficient (Wildman–Crippen LogP) is 3.94. The lowest BCUT2D eigenvalue weighted by atomic mass is 10.0. The highest BCUT2D eigenvalue weighted by Crippen LogP contribution is 2.32. The summed E-state index contributed by atoms with van der Waals surface area (Å²) in [5.74, 6) is -0.230. The molecule has 1 atom stereocenters. The quantitative estimate of drug-likeness (QED) is 0.610. The van der Waals surface area contributed by atoms with Gasteiger partial charge in [-0.15, -0.1) is 16.4 Å². The number of thiophene rings is 1. The van der Waals surface area contributed by atoms with E-state index in [0.29, 0.717) is 17.2 Å². The molecule has 2 aromatic heterocycles. The standard InChI is InChI=1S/C19H19ClN4O4S2/c1-12-5-7-13(8-6-12)18-22-23-19(28-18)21-17(25)14-4-2-3-11-24(14)30(26,27)16-10-9-15(20)29-16/h5-10,14H,2-4,11H2,1H3,(H,21,23,25). The number of benzene rings is 1. The summed E-state index contributed by atoms with van der Waals surface area (Å²) in [5.41, 5.74) is 1.82. The van der Waals surface area contributed by atoms with Gasteiger partial charge >= 0.3 is 6.01 Å². The number of piperidine rings is 1. The van der Waals surface area contributed by atoms with E-state index in [1.807, 2.05) is 31.2 Å². The van der Waals surface area contributed by atoms with Crippen LogP contribution in [0.2, 0.25) is 4.34 Å². The van der Waals surface area contributed by atoms with E-state index in [1.165, 1.54) is 16.4 Å². The van der Waals surface area contributed by atoms with Crippen LogP contribution in [0.1, 0.15) is 24.8 Å². The number of carbonyl (C=O) groups is 1. The van der Waals surface area contributed by atoms with Crippen LogP contribution in [0.15, 0.2) is 45.0 Å². The van der Waals surface area contributed by atoms with Gasteiger partial charge in [0.2, 0.25) is 11.8 Å². The Labute approximate surface area is 182 Å². The molecule has 1 aliphatic rings. The molecular weight excluding hydrogens is 448 g/mol. The van der Waals surface area contributed by atoms with Crippen LogP contribution in [0.3, 0.4) is 0 Å². The third-order valence-corrected chi connectivity index (χ3v) is 8.43. The fourth-order valence-electron chi connectivity index (χ4n) is 3.28. The molecule has 1 amide bonds. The first-order valence-corrected chi connectivity index (χ1v) is 12.0. The zero-order valence-electron chi connectivity index (χ0n) is 16.0. The van der Waals surface area contributed by atoms with Crippen LogP contribution in [0.4, 0.5) is 6.01 Å². The molecule has 0 spiro atoms. The Kier molecular flexibility index (Phi) is 5.92. The van der Waals surface area contributed by atoms with Crippen molar-refractivity contribution in [1.82, 2.24) is 14.5 Å². The van der Waals surface area contributed by atoms with Gasteiger partial charge in [0.15, 0.2) is 0 Å². The minimum Gasteiger partial charge on any atom is -0.403 e. The minimum absolute atomic E-state index is 0.0716. The maximum absolute atomic E-state index is 13.0. The average Bonchev–Trinajstić information content (AvgIpc) is 3.38. The van der Waals surface area contributed by atoms with Crippen molar-refractivity contribution in [3.63, 3.8) is 0 Å². The lowest BCUT2D eigenvalue weighted by Gasteiger charge is -2.32. The van der Waals surface area contributed by atoms with E-state index in [2.05, 4.69) is 15.5 Å². The van der Waals surface area contributed by atoms with Crippen LogP contribution in [0.5, 0.6) is 0 Å². The minimum atomic E-state index is -3.83. The summed E-state index contributed by atoms with van der Waals surface area (Å²) in [6.07, 6.45) is 1.83. The van der Waals surface area contributed by atoms with E-state index >= 15 is 0 Å². The number of carbonyl (C=O) groups excluding carboxylic acids is 1. The highest BCUT2D eigenvalue weighted by atomic mass is 35.5. The zero-order valence-corrected chi connectivity index (χ0v) is 18.4. The van der Waals surface area contributed by atoms with Crippen LogP contribution in [-0.2, 0) is 14.8 Å². The highest BCUT2D eigenvalue weighted by molar-refractivity contribution is 7.91. The Morgan fingerprint density at radius 3 is 2.67 bits per heavy atom. The number of aromatic nitrogens is 2. The SMILES string of the molecule is Cc1ccc(-c2nnc(NC(=O)C3CCCCN3S(=O)(=O)c3ccc(Cl)s3)o2)cc1. The molecule has 8 nitrogen and oxygen atoms in total. The van der Waals surface area contributed by atoms with Crippen LogP contribution in [-0.4, -0.2) is 41.4 Å². The number of nitrogens with one attached hydrogen (secondary N) is 1. The maximum Gasteiger partial charge on any atom is 0.322 e. The van der Waals surface area contributed by atoms with Gasteiger partial charge in [0.1, 0.15) is 10.3 Å². The molecular formula is C19H19ClN4O4S2. The van der Waals surface area contributed by atoms with Gasteiger partial charge in [0, 0.05) is 12.1 Å². The first kappa shape index (κ1) is 21.0. The van der Waals surface area contributed by atoms with Crippen molar-refractivity contribution in [2.75, 3.05) is 11.9 Å². The molecule has 11 heteroatoms. The Hall–Kier alpha value is -2.27. The van der Waals surface area contributed by atoms with Gasteiger partial charge in [-0.25, -0.2) is 8.42 Å². The highest BCUT2D eigenvalue weighted by Gasteiger charge is 2.38. The van der Waals surface area contributed by atoms with E-state index in [0.717, 1.165) is 28.9 Å². The summed E-state index contributed by atoms with van der Waals surface area (Å²) in [7, 11) is -3.83. The summed E-state index contributed by atoms with van der Waals surface area (Å²) in [6.45, 7) is 2.23. The molecule has 158 valence electrons. The topological polar surface area (TPSA) is 105 Å². The molecule has 1 aromatic carbocycles. The number of nitrogens with zero attached hydrogens (tertiary/aromatic N) is 3. The lowest BCUT2D eigenvalue weighted by Crippen LogP contribution is -2.49. The Balaban J connectivity index is 1.52. The van der Waals surface area contributed by atoms with Gasteiger partial charge in [-0.05, 0) is 44.0 Å². The second-order valence-electron chi connectivity index (χ2n) is 6.95. The normalized spacial score (nSPS) is 17.7. The van der Waals surface area contributed by atoms with Crippen molar-refractivity contribution >= 4 is 44.9 Å². The summed E-state index contributed by atoms with van der Waals surface area (Å²) < 4.78 is 33.3. The fourth-order valence-corrected chi connectivity index (χ4v) is 6.55. The zero-order chi connectivity index (χ0) is 21.3. The Morgan fingerprint density at radius 1 is 1.20 bits per heavy atom. The molecule has 1 N–H and O–H groups in total. The van der Waals surface area contributed by atoms with Crippen molar-refractivity contribution < 1.29 is 17.6 Å². The number of rotatable bonds is 5. The van der Waals surface area contributed by atoms with Crippen LogP contribution in [0.25, 0.3) is 11.5 Å². The van der Waals surface area contributed by atoms with Crippen LogP contribution in [0, 0.1) is 6.92 Å². The molecule has 0 aliphatic carbocycles. The Bertz CT molecular complexity index is 1160. The van der Waals surface area contributed by atoms with Gasteiger partial charge in [0.25, 0.3) is 10.0 Å². The van der Waals surface area contributed by atoms with Crippen molar-refractivity contribution in [3.05, 3.63) is 46.3 Å². The smallest absolute Gasteiger partial charge is 0.322 e. The van der Waals surface area contributed by atoms with Crippen molar-refractivity contribution in [1.29, 1.82) is 0 Å². The molecule has 0 radical (unpaired) electrons. The van der Waals surface area contributed by atoms with E-state index in [1.54, 1.807) is 0 Å². The number of anilines is 1. The van der Waals surface area contributed by atoms with Gasteiger partial charge in [-0.2, -0.15) is 4.31 Å². The Morgan fingerprint density at radius 2 is 1.97 bits per heavy atom. The van der Waals surface area contributed by atoms with E-state index in [4.69, 9.17) is 16.0 Å². The summed E-state index contributed by atoms with van der Waals surface area (Å²) in [6, 6.07) is 9.57. The summed E-state index contributed by atoms with van der Waals surface area (Å²) in [5, 5.41) is 10.4. The first-order chi connectivity index (χ1) is 14.3. The van der Waals surface area contributed by atoms with Gasteiger partial charge < -0.3 is 4.42 Å². The molecule has 4 rings (SSSR count). The lowest BCUT2D eigenvalue weighted by molar-refractivity contribution is -0.120. The number of hydrogen-bond acceptors (Lipinski definition) is 7. The van der Waals surface area contributed by atoms with Gasteiger partial charge in [0.05, 0.1) is 4.34 Å². The van der Waals surface area contributed by atoms with Crippen LogP contribution < -0.4 is 5.32 Å². The predicted molar refractivity (Wildman–Crippen MR) is 114 cm³/mol. The number of halogens is 1. The van der Waals surface area contributed by atoms with Crippen LogP contribution >= 0.6 is 22.9 Å². The molecule has 30 heavy (non-hydrogen) atoms. The van der Waals surface area contributed by atoms with Gasteiger partial charge in [-0.1, -0.05) is 40.8 Å². The molecule has 0 saturated carbocycles. The van der Waals surface area contributed by atoms with Crippen molar-refractivity contribution in [3.8, 4) is 11.5 Å². The molecule has 1 fully saturated rings. The maximum atomic E-state index is 13.0. The molecule has 1 aliphatic heterocycles. The van der Waals surface area contributed by atoms with E-state index in [9.17, 15) is 13.2 Å². The molecule has 0 bridgehead atoms. The molecule has 1 saturated heterocycles. The third kappa shape index (κ3) is 4.27. The van der Waals surface area contributed by atoms with Crippen molar-refractivity contribution in [2.24, 2.45) is 0 Å². The largest absolute Gasteiger partial charge is 0.403 e. The molecule has 3 heterocycles. The summed E-state index contributed by atoms with van der Waals surface area (Å²) >= 11 is 6.87. The summed E-state index contributed by atoms with van der Waals surface area (Å²) in [4.78, 5) is 12.9. The first-order valence-electron chi connectivity index (χ1n) is 9.33. The number of hydrogen-bond donors (Lipinski definition) is 1. The second kappa shape index (κ2) is 8.46. The number of aryl methyl sites for hydroxylation is 1. The third-order valence-electron chi connectivity index (χ3n) is 4.82. The number of sulfonamides is 1. The van der Waals surface area contributed by atoms with Gasteiger partial charge in [-0.3, -0.25) is 10.1 Å². The number of amides is 1. The van der Waals surface area contributed by atoms with E-state index in [-0.39, 0.29) is 22.7 Å². The average molecular weight is 467 g/mol. The monoisotopic (exact) mass is 466 g/mol. The molecule has 3 aromatic rings. The van der Waals surface area contributed by atoms with E-state index < -0.39 is 22.0 Å².